The van der Waals surface area contributed by atoms with Crippen LogP contribution in [0.3, 0.4) is 0 Å². The van der Waals surface area contributed by atoms with E-state index in [2.05, 4.69) is 0 Å². The molecule has 2 atom stereocenters. The summed E-state index contributed by atoms with van der Waals surface area (Å²) in [6.45, 7) is 4.56. The van der Waals surface area contributed by atoms with Gasteiger partial charge in [-0.2, -0.15) is 0 Å². The minimum atomic E-state index is -0.707. The SMILES string of the molecule is CC1=C(C)C(OCC(O)C[N+](C)(C)C)C(=O)C2=C1Sc1ccccc1O2. The van der Waals surface area contributed by atoms with E-state index in [9.17, 15) is 9.90 Å². The predicted octanol–water partition coefficient (Wildman–Crippen LogP) is 2.75. The number of thioether (sulfide) groups is 1. The zero-order valence-corrected chi connectivity index (χ0v) is 16.7. The summed E-state index contributed by atoms with van der Waals surface area (Å²) in [5.41, 5.74) is 1.88. The maximum absolute atomic E-state index is 13.0. The van der Waals surface area contributed by atoms with Crippen LogP contribution in [0, 0.1) is 0 Å². The minimum Gasteiger partial charge on any atom is -0.451 e. The van der Waals surface area contributed by atoms with Crippen LogP contribution in [0.2, 0.25) is 0 Å². The van der Waals surface area contributed by atoms with Gasteiger partial charge in [0.25, 0.3) is 0 Å². The molecule has 26 heavy (non-hydrogen) atoms. The van der Waals surface area contributed by atoms with Gasteiger partial charge >= 0.3 is 0 Å². The highest BCUT2D eigenvalue weighted by Gasteiger charge is 2.38. The molecule has 5 nitrogen and oxygen atoms in total. The van der Waals surface area contributed by atoms with E-state index >= 15 is 0 Å². The first kappa shape index (κ1) is 19.2. The van der Waals surface area contributed by atoms with Gasteiger partial charge in [0.15, 0.2) is 5.76 Å². The molecular formula is C20H26NO4S+. The molecule has 0 fully saturated rings. The fraction of sp³-hybridized carbons (Fsp3) is 0.450. The molecule has 140 valence electrons. The molecule has 1 aliphatic heterocycles. The van der Waals surface area contributed by atoms with Gasteiger partial charge < -0.3 is 19.1 Å². The number of nitrogens with zero attached hydrogens (tertiary/aromatic N) is 1. The molecule has 0 saturated carbocycles. The number of carbonyl (C=O) groups is 1. The molecule has 2 aliphatic rings. The number of aliphatic hydroxyl groups excluding tert-OH is 1. The summed E-state index contributed by atoms with van der Waals surface area (Å²) in [4.78, 5) is 14.8. The van der Waals surface area contributed by atoms with Gasteiger partial charge in [-0.1, -0.05) is 23.9 Å². The number of para-hydroxylation sites is 1. The lowest BCUT2D eigenvalue weighted by Gasteiger charge is -2.32. The van der Waals surface area contributed by atoms with Crippen LogP contribution in [0.4, 0.5) is 0 Å². The van der Waals surface area contributed by atoms with Crippen LogP contribution in [0.15, 0.2) is 51.0 Å². The summed E-state index contributed by atoms with van der Waals surface area (Å²) in [7, 11) is 6.02. The van der Waals surface area contributed by atoms with Crippen molar-refractivity contribution in [2.45, 2.75) is 31.0 Å². The van der Waals surface area contributed by atoms with E-state index in [1.807, 2.05) is 59.3 Å². The number of fused-ring (bicyclic) bond motifs is 1. The summed E-state index contributed by atoms with van der Waals surface area (Å²) >= 11 is 1.56. The number of hydrogen-bond acceptors (Lipinski definition) is 5. The predicted molar refractivity (Wildman–Crippen MR) is 102 cm³/mol. The Balaban J connectivity index is 1.78. The highest BCUT2D eigenvalue weighted by atomic mass is 32.2. The van der Waals surface area contributed by atoms with Gasteiger partial charge in [-0.25, -0.2) is 0 Å². The molecule has 3 rings (SSSR count). The standard InChI is InChI=1S/C20H26NO4S/c1-12-13(2)20-19(25-15-8-6-7-9-16(15)26-20)17(23)18(12)24-11-14(22)10-21(3,4)5/h6-9,14,18,22H,10-11H2,1-5H3/q+1. The average molecular weight is 376 g/mol. The first-order valence-electron chi connectivity index (χ1n) is 8.68. The highest BCUT2D eigenvalue weighted by Crippen LogP contribution is 2.47. The normalized spacial score (nSPS) is 21.3. The number of quaternary nitrogens is 1. The van der Waals surface area contributed by atoms with E-state index in [1.165, 1.54) is 0 Å². The van der Waals surface area contributed by atoms with Gasteiger partial charge in [0.05, 0.1) is 37.6 Å². The van der Waals surface area contributed by atoms with Crippen LogP contribution < -0.4 is 4.74 Å². The lowest BCUT2D eigenvalue weighted by atomic mass is 9.94. The Morgan fingerprint density at radius 1 is 1.27 bits per heavy atom. The molecule has 1 aliphatic carbocycles. The molecule has 1 N–H and O–H groups in total. The van der Waals surface area contributed by atoms with Crippen molar-refractivity contribution in [3.05, 3.63) is 46.1 Å². The van der Waals surface area contributed by atoms with E-state index in [1.54, 1.807) is 11.8 Å². The average Bonchev–Trinajstić information content (AvgIpc) is 2.57. The van der Waals surface area contributed by atoms with Crippen molar-refractivity contribution in [2.24, 2.45) is 0 Å². The first-order valence-corrected chi connectivity index (χ1v) is 9.50. The Morgan fingerprint density at radius 2 is 1.96 bits per heavy atom. The molecule has 0 amide bonds. The molecule has 0 spiro atoms. The Morgan fingerprint density at radius 3 is 2.65 bits per heavy atom. The van der Waals surface area contributed by atoms with Crippen molar-refractivity contribution < 1.29 is 23.9 Å². The van der Waals surface area contributed by atoms with Gasteiger partial charge in [-0.05, 0) is 37.1 Å². The second-order valence-electron chi connectivity index (χ2n) is 7.82. The van der Waals surface area contributed by atoms with Crippen LogP contribution in [0.25, 0.3) is 0 Å². The number of ether oxygens (including phenoxy) is 2. The lowest BCUT2D eigenvalue weighted by Crippen LogP contribution is -2.44. The van der Waals surface area contributed by atoms with E-state index in [-0.39, 0.29) is 12.4 Å². The molecular weight excluding hydrogens is 350 g/mol. The van der Waals surface area contributed by atoms with E-state index in [4.69, 9.17) is 9.47 Å². The Labute approximate surface area is 158 Å². The number of likely N-dealkylation sites (N-methyl/N-ethyl adjacent to an activating group) is 1. The summed E-state index contributed by atoms with van der Waals surface area (Å²) < 4.78 is 12.4. The molecule has 0 aromatic heterocycles. The Bertz CT molecular complexity index is 791. The highest BCUT2D eigenvalue weighted by molar-refractivity contribution is 8.03. The molecule has 0 bridgehead atoms. The molecule has 0 saturated heterocycles. The number of rotatable bonds is 5. The van der Waals surface area contributed by atoms with Gasteiger partial charge in [-0.15, -0.1) is 0 Å². The van der Waals surface area contributed by atoms with Crippen molar-refractivity contribution in [3.8, 4) is 5.75 Å². The Hall–Kier alpha value is -1.60. The molecule has 2 unspecified atom stereocenters. The van der Waals surface area contributed by atoms with Crippen LogP contribution >= 0.6 is 11.8 Å². The van der Waals surface area contributed by atoms with E-state index in [0.717, 1.165) is 20.9 Å². The summed E-state index contributed by atoms with van der Waals surface area (Å²) in [6.07, 6.45) is -1.34. The third-order valence-electron chi connectivity index (χ3n) is 4.48. The monoisotopic (exact) mass is 376 g/mol. The van der Waals surface area contributed by atoms with E-state index in [0.29, 0.717) is 22.5 Å². The largest absolute Gasteiger partial charge is 0.451 e. The maximum Gasteiger partial charge on any atom is 0.232 e. The van der Waals surface area contributed by atoms with Crippen molar-refractivity contribution in [1.29, 1.82) is 0 Å². The topological polar surface area (TPSA) is 55.8 Å². The van der Waals surface area contributed by atoms with Gasteiger partial charge in [0.1, 0.15) is 24.5 Å². The van der Waals surface area contributed by atoms with Crippen LogP contribution in [0.5, 0.6) is 5.75 Å². The smallest absolute Gasteiger partial charge is 0.232 e. The summed E-state index contributed by atoms with van der Waals surface area (Å²) in [5.74, 6) is 0.867. The molecule has 1 aromatic rings. The quantitative estimate of drug-likeness (QED) is 0.801. The lowest BCUT2D eigenvalue weighted by molar-refractivity contribution is -0.873. The zero-order valence-electron chi connectivity index (χ0n) is 15.9. The number of Topliss-reactive ketones (excluding diaryl/α,β-unsaturated/α-hetero) is 1. The molecule has 6 heteroatoms. The number of carbonyl (C=O) groups excluding carboxylic acids is 1. The third-order valence-corrected chi connectivity index (χ3v) is 5.73. The summed E-state index contributed by atoms with van der Waals surface area (Å²) in [5, 5.41) is 10.2. The number of ketones is 1. The van der Waals surface area contributed by atoms with Crippen LogP contribution in [0.1, 0.15) is 13.8 Å². The fourth-order valence-electron chi connectivity index (χ4n) is 3.12. The van der Waals surface area contributed by atoms with E-state index < -0.39 is 12.2 Å². The van der Waals surface area contributed by atoms with Crippen molar-refractivity contribution in [1.82, 2.24) is 0 Å². The fourth-order valence-corrected chi connectivity index (χ4v) is 4.25. The van der Waals surface area contributed by atoms with Gasteiger partial charge in [0, 0.05) is 0 Å². The van der Waals surface area contributed by atoms with Crippen LogP contribution in [-0.2, 0) is 9.53 Å². The molecule has 1 aromatic carbocycles. The summed E-state index contributed by atoms with van der Waals surface area (Å²) in [6, 6.07) is 7.70. The number of benzene rings is 1. The number of aliphatic hydroxyl groups is 1. The van der Waals surface area contributed by atoms with Crippen LogP contribution in [-0.4, -0.2) is 61.9 Å². The molecule has 1 heterocycles. The van der Waals surface area contributed by atoms with Gasteiger partial charge in [-0.3, -0.25) is 4.79 Å². The Kier molecular flexibility index (Phi) is 5.30. The van der Waals surface area contributed by atoms with Gasteiger partial charge in [0.2, 0.25) is 5.78 Å². The van der Waals surface area contributed by atoms with Crippen molar-refractivity contribution in [2.75, 3.05) is 34.3 Å². The first-order chi connectivity index (χ1) is 12.2. The third kappa shape index (κ3) is 3.88. The second-order valence-corrected chi connectivity index (χ2v) is 8.87. The van der Waals surface area contributed by atoms with Crippen molar-refractivity contribution in [3.63, 3.8) is 0 Å². The van der Waals surface area contributed by atoms with Crippen molar-refractivity contribution >= 4 is 17.5 Å². The maximum atomic E-state index is 13.0. The number of hydrogen-bond donors (Lipinski definition) is 1. The number of allylic oxidation sites excluding steroid dienone is 1. The second kappa shape index (κ2) is 7.19. The minimum absolute atomic E-state index is 0.114. The molecule has 0 radical (unpaired) electrons. The zero-order chi connectivity index (χ0) is 19.1.